The predicted octanol–water partition coefficient (Wildman–Crippen LogP) is 3.20. The standard InChI is InChI=1S/C12H25N/c1-5-8-13-11-9-10(4)12(11,6-2)7-3/h10-11,13H,5-9H2,1-4H3. The van der Waals surface area contributed by atoms with Crippen molar-refractivity contribution < 1.29 is 0 Å². The fourth-order valence-electron chi connectivity index (χ4n) is 3.05. The minimum absolute atomic E-state index is 0.620. The summed E-state index contributed by atoms with van der Waals surface area (Å²) in [7, 11) is 0. The highest BCUT2D eigenvalue weighted by molar-refractivity contribution is 5.03. The highest BCUT2D eigenvalue weighted by Gasteiger charge is 2.49. The first-order valence-electron chi connectivity index (χ1n) is 5.94. The van der Waals surface area contributed by atoms with E-state index in [1.165, 1.54) is 32.2 Å². The molecule has 0 amide bonds. The van der Waals surface area contributed by atoms with Crippen molar-refractivity contribution in [1.29, 1.82) is 0 Å². The first-order chi connectivity index (χ1) is 6.21. The minimum Gasteiger partial charge on any atom is -0.313 e. The molecule has 1 N–H and O–H groups in total. The molecule has 1 rings (SSSR count). The van der Waals surface area contributed by atoms with E-state index in [0.717, 1.165) is 12.0 Å². The zero-order valence-electron chi connectivity index (χ0n) is 9.69. The third-order valence-corrected chi connectivity index (χ3v) is 4.22. The first-order valence-corrected chi connectivity index (χ1v) is 5.94. The summed E-state index contributed by atoms with van der Waals surface area (Å²) in [4.78, 5) is 0. The Labute approximate surface area is 83.3 Å². The van der Waals surface area contributed by atoms with Gasteiger partial charge in [0, 0.05) is 6.04 Å². The van der Waals surface area contributed by atoms with E-state index in [0.29, 0.717) is 5.41 Å². The van der Waals surface area contributed by atoms with Crippen molar-refractivity contribution in [3.8, 4) is 0 Å². The van der Waals surface area contributed by atoms with Crippen molar-refractivity contribution in [3.05, 3.63) is 0 Å². The predicted molar refractivity (Wildman–Crippen MR) is 58.9 cm³/mol. The molecule has 1 heteroatoms. The zero-order chi connectivity index (χ0) is 9.90. The Morgan fingerprint density at radius 3 is 2.23 bits per heavy atom. The van der Waals surface area contributed by atoms with Crippen LogP contribution in [0.4, 0.5) is 0 Å². The number of hydrogen-bond acceptors (Lipinski definition) is 1. The van der Waals surface area contributed by atoms with Gasteiger partial charge < -0.3 is 5.32 Å². The molecule has 0 spiro atoms. The quantitative estimate of drug-likeness (QED) is 0.690. The smallest absolute Gasteiger partial charge is 0.0129 e. The Balaban J connectivity index is 2.48. The minimum atomic E-state index is 0.620. The molecule has 0 saturated heterocycles. The summed E-state index contributed by atoms with van der Waals surface area (Å²) in [6.07, 6.45) is 5.33. The Bertz CT molecular complexity index is 149. The fraction of sp³-hybridized carbons (Fsp3) is 1.00. The lowest BCUT2D eigenvalue weighted by Crippen LogP contribution is -2.58. The molecular weight excluding hydrogens is 158 g/mol. The van der Waals surface area contributed by atoms with Crippen molar-refractivity contribution in [3.63, 3.8) is 0 Å². The molecule has 0 radical (unpaired) electrons. The summed E-state index contributed by atoms with van der Waals surface area (Å²) >= 11 is 0. The SMILES string of the molecule is CCCNC1CC(C)C1(CC)CC. The van der Waals surface area contributed by atoms with E-state index in [1.54, 1.807) is 0 Å². The second kappa shape index (κ2) is 4.45. The molecule has 0 aliphatic heterocycles. The molecular formula is C12H25N. The highest BCUT2D eigenvalue weighted by Crippen LogP contribution is 2.51. The lowest BCUT2D eigenvalue weighted by molar-refractivity contribution is -0.0176. The summed E-state index contributed by atoms with van der Waals surface area (Å²) in [5.41, 5.74) is 0.620. The van der Waals surface area contributed by atoms with E-state index in [2.05, 4.69) is 33.0 Å². The Morgan fingerprint density at radius 2 is 1.85 bits per heavy atom. The van der Waals surface area contributed by atoms with Gasteiger partial charge in [0.05, 0.1) is 0 Å². The van der Waals surface area contributed by atoms with Gasteiger partial charge in [-0.25, -0.2) is 0 Å². The van der Waals surface area contributed by atoms with Crippen LogP contribution in [0.3, 0.4) is 0 Å². The molecule has 2 atom stereocenters. The maximum atomic E-state index is 3.69. The second-order valence-corrected chi connectivity index (χ2v) is 4.58. The second-order valence-electron chi connectivity index (χ2n) is 4.58. The van der Waals surface area contributed by atoms with Gasteiger partial charge in [0.1, 0.15) is 0 Å². The van der Waals surface area contributed by atoms with Crippen LogP contribution in [0, 0.1) is 11.3 Å². The monoisotopic (exact) mass is 183 g/mol. The molecule has 0 heterocycles. The fourth-order valence-corrected chi connectivity index (χ4v) is 3.05. The lowest BCUT2D eigenvalue weighted by Gasteiger charge is -2.55. The highest BCUT2D eigenvalue weighted by atomic mass is 15.0. The number of rotatable bonds is 5. The molecule has 0 aromatic carbocycles. The van der Waals surface area contributed by atoms with Crippen LogP contribution < -0.4 is 5.32 Å². The first kappa shape index (κ1) is 11.0. The lowest BCUT2D eigenvalue weighted by atomic mass is 9.54. The molecule has 0 bridgehead atoms. The van der Waals surface area contributed by atoms with Crippen LogP contribution in [-0.4, -0.2) is 12.6 Å². The van der Waals surface area contributed by atoms with Crippen molar-refractivity contribution in [2.45, 2.75) is 59.4 Å². The number of hydrogen-bond donors (Lipinski definition) is 1. The van der Waals surface area contributed by atoms with Crippen LogP contribution >= 0.6 is 0 Å². The summed E-state index contributed by atoms with van der Waals surface area (Å²) < 4.78 is 0. The maximum Gasteiger partial charge on any atom is 0.0129 e. The van der Waals surface area contributed by atoms with Crippen molar-refractivity contribution in [1.82, 2.24) is 5.32 Å². The van der Waals surface area contributed by atoms with Gasteiger partial charge in [0.15, 0.2) is 0 Å². The van der Waals surface area contributed by atoms with Gasteiger partial charge in [-0.3, -0.25) is 0 Å². The van der Waals surface area contributed by atoms with Crippen molar-refractivity contribution in [2.24, 2.45) is 11.3 Å². The number of nitrogens with one attached hydrogen (secondary N) is 1. The average molecular weight is 183 g/mol. The van der Waals surface area contributed by atoms with Crippen LogP contribution in [0.15, 0.2) is 0 Å². The summed E-state index contributed by atoms with van der Waals surface area (Å²) in [5.74, 6) is 0.928. The van der Waals surface area contributed by atoms with Gasteiger partial charge in [-0.15, -0.1) is 0 Å². The van der Waals surface area contributed by atoms with Gasteiger partial charge in [-0.05, 0) is 43.6 Å². The van der Waals surface area contributed by atoms with E-state index >= 15 is 0 Å². The molecule has 78 valence electrons. The van der Waals surface area contributed by atoms with Crippen LogP contribution in [0.5, 0.6) is 0 Å². The Hall–Kier alpha value is -0.0400. The van der Waals surface area contributed by atoms with Crippen molar-refractivity contribution in [2.75, 3.05) is 6.54 Å². The molecule has 2 unspecified atom stereocenters. The van der Waals surface area contributed by atoms with Crippen LogP contribution in [0.2, 0.25) is 0 Å². The van der Waals surface area contributed by atoms with E-state index in [9.17, 15) is 0 Å². The topological polar surface area (TPSA) is 12.0 Å². The third-order valence-electron chi connectivity index (χ3n) is 4.22. The molecule has 0 aromatic rings. The molecule has 1 aliphatic carbocycles. The van der Waals surface area contributed by atoms with Gasteiger partial charge >= 0.3 is 0 Å². The average Bonchev–Trinajstić information content (AvgIpc) is 2.14. The largest absolute Gasteiger partial charge is 0.313 e. The van der Waals surface area contributed by atoms with Gasteiger partial charge in [-0.2, -0.15) is 0 Å². The zero-order valence-corrected chi connectivity index (χ0v) is 9.69. The molecule has 1 saturated carbocycles. The summed E-state index contributed by atoms with van der Waals surface area (Å²) in [6, 6.07) is 0.803. The summed E-state index contributed by atoms with van der Waals surface area (Å²) in [5, 5.41) is 3.69. The van der Waals surface area contributed by atoms with Crippen LogP contribution in [0.1, 0.15) is 53.4 Å². The maximum absolute atomic E-state index is 3.69. The van der Waals surface area contributed by atoms with Gasteiger partial charge in [0.2, 0.25) is 0 Å². The summed E-state index contributed by atoms with van der Waals surface area (Å²) in [6.45, 7) is 10.5. The van der Waals surface area contributed by atoms with E-state index in [4.69, 9.17) is 0 Å². The Kier molecular flexibility index (Phi) is 3.78. The van der Waals surface area contributed by atoms with E-state index < -0.39 is 0 Å². The Morgan fingerprint density at radius 1 is 1.23 bits per heavy atom. The van der Waals surface area contributed by atoms with Crippen molar-refractivity contribution >= 4 is 0 Å². The van der Waals surface area contributed by atoms with Crippen LogP contribution in [0.25, 0.3) is 0 Å². The van der Waals surface area contributed by atoms with E-state index in [1.807, 2.05) is 0 Å². The van der Waals surface area contributed by atoms with Crippen LogP contribution in [-0.2, 0) is 0 Å². The van der Waals surface area contributed by atoms with Gasteiger partial charge in [-0.1, -0.05) is 27.7 Å². The van der Waals surface area contributed by atoms with E-state index in [-0.39, 0.29) is 0 Å². The molecule has 1 fully saturated rings. The third kappa shape index (κ3) is 1.76. The molecule has 1 aliphatic rings. The van der Waals surface area contributed by atoms with Gasteiger partial charge in [0.25, 0.3) is 0 Å². The molecule has 0 aromatic heterocycles. The normalized spacial score (nSPS) is 31.4. The molecule has 1 nitrogen and oxygen atoms in total. The molecule has 13 heavy (non-hydrogen) atoms.